The van der Waals surface area contributed by atoms with Crippen molar-refractivity contribution in [1.82, 2.24) is 0 Å². The number of carbonyl (C=O) groups excluding carboxylic acids is 1. The maximum atomic E-state index is 13.3. The van der Waals surface area contributed by atoms with E-state index < -0.39 is 0 Å². The number of fused-ring (bicyclic) bond motifs is 1. The largest absolute Gasteiger partial charge is 0.465 e. The molecule has 268 valence electrons. The Bertz CT molecular complexity index is 3460. The van der Waals surface area contributed by atoms with Gasteiger partial charge in [0.15, 0.2) is 0 Å². The van der Waals surface area contributed by atoms with Gasteiger partial charge < -0.3 is 4.74 Å². The number of hydrogen-bond acceptors (Lipinski definition) is 2. The van der Waals surface area contributed by atoms with Gasteiger partial charge in [-0.05, 0) is 200 Å². The molecule has 7 aromatic carbocycles. The first kappa shape index (κ1) is 27.8. The zero-order valence-corrected chi connectivity index (χ0v) is 31.9. The lowest BCUT2D eigenvalue weighted by atomic mass is 9.61. The molecular formula is C54H40O2. The van der Waals surface area contributed by atoms with E-state index in [1.807, 2.05) is 11.1 Å². The average Bonchev–Trinajstić information content (AvgIpc) is 3.88. The normalized spacial score (nSPS) is 34.9. The van der Waals surface area contributed by atoms with E-state index in [-0.39, 0.29) is 16.8 Å². The van der Waals surface area contributed by atoms with Crippen molar-refractivity contribution in [3.63, 3.8) is 0 Å². The van der Waals surface area contributed by atoms with Crippen LogP contribution in [-0.4, -0.2) is 12.6 Å². The van der Waals surface area contributed by atoms with Gasteiger partial charge in [-0.15, -0.1) is 0 Å². The molecule has 11 aliphatic rings. The molecule has 2 heteroatoms. The van der Waals surface area contributed by atoms with Crippen LogP contribution < -0.4 is 10.4 Å². The maximum absolute atomic E-state index is 13.3. The summed E-state index contributed by atoms with van der Waals surface area (Å²) in [7, 11) is 0. The van der Waals surface area contributed by atoms with E-state index in [1.54, 1.807) is 114 Å². The van der Waals surface area contributed by atoms with Crippen LogP contribution in [0.4, 0.5) is 0 Å². The van der Waals surface area contributed by atoms with Crippen molar-refractivity contribution in [3.8, 4) is 0 Å². The van der Waals surface area contributed by atoms with Crippen LogP contribution in [0.2, 0.25) is 0 Å². The number of esters is 1. The number of benzene rings is 5. The molecule has 0 aromatic heterocycles. The second-order valence-electron chi connectivity index (χ2n) is 21.3. The van der Waals surface area contributed by atoms with E-state index in [1.165, 1.54) is 31.2 Å². The highest BCUT2D eigenvalue weighted by atomic mass is 16.5. The predicted molar refractivity (Wildman–Crippen MR) is 223 cm³/mol. The topological polar surface area (TPSA) is 26.3 Å². The highest BCUT2D eigenvalue weighted by molar-refractivity contribution is 6.48. The van der Waals surface area contributed by atoms with Gasteiger partial charge in [-0.3, -0.25) is 4.79 Å². The van der Waals surface area contributed by atoms with Gasteiger partial charge in [0.2, 0.25) is 0 Å². The molecule has 2 nitrogen and oxygen atoms in total. The number of rotatable bonds is 7. The molecule has 9 atom stereocenters. The van der Waals surface area contributed by atoms with Crippen molar-refractivity contribution in [1.29, 1.82) is 0 Å². The van der Waals surface area contributed by atoms with E-state index in [0.29, 0.717) is 54.5 Å². The molecule has 1 spiro atoms. The van der Waals surface area contributed by atoms with Crippen molar-refractivity contribution in [2.24, 2.45) is 23.7 Å². The highest BCUT2D eigenvalue weighted by Crippen LogP contribution is 2.87. The Morgan fingerprint density at radius 3 is 2.59 bits per heavy atom. The van der Waals surface area contributed by atoms with Crippen molar-refractivity contribution >= 4 is 76.6 Å². The van der Waals surface area contributed by atoms with Crippen LogP contribution in [0.1, 0.15) is 127 Å². The molecule has 3 saturated carbocycles. The molecule has 0 aliphatic heterocycles. The predicted octanol–water partition coefficient (Wildman–Crippen LogP) is 10.4. The fraction of sp³-hybridized carbons (Fsp3) is 0.389. The lowest BCUT2D eigenvalue weighted by Crippen LogP contribution is -2.36. The quantitative estimate of drug-likeness (QED) is 0.121. The van der Waals surface area contributed by atoms with Gasteiger partial charge >= 0.3 is 5.97 Å². The van der Waals surface area contributed by atoms with Gasteiger partial charge in [0.05, 0.1) is 6.61 Å². The van der Waals surface area contributed by atoms with Crippen molar-refractivity contribution in [2.45, 2.75) is 99.7 Å². The number of ether oxygens (including phenoxy) is 1. The van der Waals surface area contributed by atoms with E-state index in [9.17, 15) is 4.79 Å². The Balaban J connectivity index is 1.04. The van der Waals surface area contributed by atoms with Crippen molar-refractivity contribution in [3.05, 3.63) is 109 Å². The van der Waals surface area contributed by atoms with Crippen LogP contribution >= 0.6 is 0 Å². The summed E-state index contributed by atoms with van der Waals surface area (Å²) in [5.41, 5.74) is 20.8. The molecule has 0 heterocycles. The number of carbonyl (C=O) groups is 1. The Morgan fingerprint density at radius 1 is 0.839 bits per heavy atom. The summed E-state index contributed by atoms with van der Waals surface area (Å²) in [6, 6.07) is 14.6. The first-order chi connectivity index (χ1) is 27.5. The van der Waals surface area contributed by atoms with Crippen LogP contribution in [-0.2, 0) is 26.8 Å². The Kier molecular flexibility index (Phi) is 3.93. The molecule has 56 heavy (non-hydrogen) atoms. The minimum atomic E-state index is -0.0282. The fourth-order valence-electron chi connectivity index (χ4n) is 18.4. The standard InChI is InChI=1S/C54H40O2/c1-20(2)19-56-30(55)9-6-10-53(28-7-4-3-5-8-28)52-29-17-26-15-23-13-24-12-21-11-22-14-25-16-27-18-54(52,53)51-37(27)42-36(25)41-32(22)31(21)39-35(24)40-33(23)34(26)43-38(29)50(51)49-47(42)45(41)44(39)46(40)48(43)49/h3-5,7-8,13-14,17,20-21,24-25,27,31,35,52H,6,9-12,15-16,18-19H2,1-2H3. The van der Waals surface area contributed by atoms with E-state index in [2.05, 4.69) is 62.4 Å². The zero-order valence-electron chi connectivity index (χ0n) is 31.9. The summed E-state index contributed by atoms with van der Waals surface area (Å²) in [6.07, 6.45) is 14.5. The molecule has 18 rings (SSSR count). The van der Waals surface area contributed by atoms with Crippen LogP contribution in [0.5, 0.6) is 0 Å². The molecule has 11 aliphatic carbocycles. The highest BCUT2D eigenvalue weighted by Gasteiger charge is 2.81. The van der Waals surface area contributed by atoms with E-state index >= 15 is 0 Å². The number of hydrogen-bond donors (Lipinski definition) is 0. The summed E-state index contributed by atoms with van der Waals surface area (Å²) in [5.74, 6) is 4.57. The summed E-state index contributed by atoms with van der Waals surface area (Å²) < 4.78 is 5.80. The second kappa shape index (κ2) is 7.92. The molecule has 0 N–H and O–H groups in total. The lowest BCUT2D eigenvalue weighted by Gasteiger charge is -2.42. The van der Waals surface area contributed by atoms with Crippen LogP contribution in [0.3, 0.4) is 0 Å². The van der Waals surface area contributed by atoms with E-state index in [4.69, 9.17) is 4.74 Å². The summed E-state index contributed by atoms with van der Waals surface area (Å²) in [6.45, 7) is 4.78. The molecule has 0 bridgehead atoms. The summed E-state index contributed by atoms with van der Waals surface area (Å²) in [5, 5.41) is 20.6. The minimum absolute atomic E-state index is 0.0175. The number of allylic oxidation sites excluding steroid dienone is 4. The molecule has 7 aromatic rings. The Labute approximate surface area is 324 Å². The van der Waals surface area contributed by atoms with Gasteiger partial charge in [-0.2, -0.15) is 0 Å². The van der Waals surface area contributed by atoms with Crippen LogP contribution in [0.15, 0.2) is 54.1 Å². The first-order valence-electron chi connectivity index (χ1n) is 22.3. The molecule has 0 amide bonds. The molecular weight excluding hydrogens is 681 g/mol. The van der Waals surface area contributed by atoms with Crippen LogP contribution in [0.25, 0.3) is 70.6 Å². The average molecular weight is 721 g/mol. The SMILES string of the molecule is CC(C)COC(=O)CCCC1(c2ccccc2)C2c3cc4c5c6c7c8c9c%10c%11c%12c%13c%14c(c%15c3c5c8c%15c%13%10)C21CC%14CC%12C=C1CC2CC(C=C6C4)C7C=9C2C=%111. The molecule has 0 radical (unpaired) electrons. The fourth-order valence-corrected chi connectivity index (χ4v) is 18.4. The van der Waals surface area contributed by atoms with Crippen molar-refractivity contribution < 1.29 is 9.53 Å². The van der Waals surface area contributed by atoms with Crippen LogP contribution in [0, 0.1) is 23.7 Å². The Hall–Kier alpha value is -4.69. The third-order valence-corrected chi connectivity index (χ3v) is 19.1. The smallest absolute Gasteiger partial charge is 0.305 e. The van der Waals surface area contributed by atoms with E-state index in [0.717, 1.165) is 25.2 Å². The summed E-state index contributed by atoms with van der Waals surface area (Å²) >= 11 is 0. The van der Waals surface area contributed by atoms with Gasteiger partial charge in [-0.1, -0.05) is 62.4 Å². The third-order valence-electron chi connectivity index (χ3n) is 19.1. The molecule has 0 saturated heterocycles. The monoisotopic (exact) mass is 720 g/mol. The Morgan fingerprint density at radius 2 is 1.70 bits per heavy atom. The zero-order chi connectivity index (χ0) is 35.8. The van der Waals surface area contributed by atoms with Crippen molar-refractivity contribution in [2.75, 3.05) is 6.61 Å². The maximum Gasteiger partial charge on any atom is 0.305 e. The van der Waals surface area contributed by atoms with Gasteiger partial charge in [0, 0.05) is 40.9 Å². The van der Waals surface area contributed by atoms with Gasteiger partial charge in [0.1, 0.15) is 0 Å². The lowest BCUT2D eigenvalue weighted by molar-refractivity contribution is -0.144. The van der Waals surface area contributed by atoms with Gasteiger partial charge in [0.25, 0.3) is 0 Å². The molecule has 3 fully saturated rings. The molecule has 9 unspecified atom stereocenters. The minimum Gasteiger partial charge on any atom is -0.465 e. The first-order valence-corrected chi connectivity index (χ1v) is 22.3. The second-order valence-corrected chi connectivity index (χ2v) is 21.3. The summed E-state index contributed by atoms with van der Waals surface area (Å²) in [4.78, 5) is 13.3. The van der Waals surface area contributed by atoms with Gasteiger partial charge in [-0.25, -0.2) is 0 Å². The third kappa shape index (κ3) is 2.31.